The Morgan fingerprint density at radius 3 is 1.32 bits per heavy atom. The van der Waals surface area contributed by atoms with Crippen LogP contribution in [0.3, 0.4) is 0 Å². The van der Waals surface area contributed by atoms with Crippen LogP contribution in [0, 0.1) is 10.8 Å². The molecule has 0 saturated carbocycles. The van der Waals surface area contributed by atoms with Gasteiger partial charge >= 0.3 is 109 Å². The minimum Gasteiger partial charge on any atom is -0.550 e. The monoisotopic (exact) mass is 352 g/mol. The van der Waals surface area contributed by atoms with Gasteiger partial charge in [-0.05, 0) is 0 Å². The number of carbonyl (C=O) groups is 3. The maximum atomic E-state index is 10.3. The summed E-state index contributed by atoms with van der Waals surface area (Å²) in [5.74, 6) is -5.65. The molecule has 13 heteroatoms. The van der Waals surface area contributed by atoms with Crippen LogP contribution >= 0.6 is 0 Å². The molecule has 0 bridgehead atoms. The van der Waals surface area contributed by atoms with E-state index >= 15 is 0 Å². The summed E-state index contributed by atoms with van der Waals surface area (Å²) in [5, 5.41) is 37.2. The van der Waals surface area contributed by atoms with E-state index in [9.17, 15) is 24.6 Å². The second kappa shape index (κ2) is 14.7. The molecular formula is C6H7ClK2O10. The first-order valence-corrected chi connectivity index (χ1v) is 4.56. The summed E-state index contributed by atoms with van der Waals surface area (Å²) in [6.07, 6.45) is -2.59. The van der Waals surface area contributed by atoms with E-state index < -0.39 is 47.1 Å². The molecule has 0 heterocycles. The van der Waals surface area contributed by atoms with Crippen LogP contribution in [0.5, 0.6) is 0 Å². The minimum absolute atomic E-state index is 0. The normalized spacial score (nSPS) is 9.32. The Balaban J connectivity index is -0.000000165. The first-order chi connectivity index (χ1) is 7.51. The van der Waals surface area contributed by atoms with Gasteiger partial charge in [0.25, 0.3) is 10.8 Å². The van der Waals surface area contributed by atoms with Crippen LogP contribution in [0.2, 0.25) is 0 Å². The molecule has 0 rings (SSSR count). The van der Waals surface area contributed by atoms with Crippen LogP contribution in [0.1, 0.15) is 12.8 Å². The molecular weight excluding hydrogens is 346 g/mol. The van der Waals surface area contributed by atoms with Crippen molar-refractivity contribution in [1.29, 1.82) is 0 Å². The number of halogens is 1. The van der Waals surface area contributed by atoms with E-state index in [0.717, 1.165) is 0 Å². The number of aliphatic hydroxyl groups is 1. The van der Waals surface area contributed by atoms with Crippen molar-refractivity contribution in [3.8, 4) is 0 Å². The third kappa shape index (κ3) is 19.8. The molecule has 0 spiro atoms. The topological polar surface area (TPSA) is 204 Å². The molecule has 19 heavy (non-hydrogen) atoms. The summed E-state index contributed by atoms with van der Waals surface area (Å²) < 4.78 is 24.0. The first kappa shape index (κ1) is 28.9. The van der Waals surface area contributed by atoms with Gasteiger partial charge in [-0.3, -0.25) is 0 Å². The van der Waals surface area contributed by atoms with Crippen molar-refractivity contribution >= 4 is 17.9 Å². The number of hydrogen-bond acceptors (Lipinski definition) is 9. The average molecular weight is 353 g/mol. The number of hydrogen-bond donors (Lipinski definition) is 3. The van der Waals surface area contributed by atoms with Crippen molar-refractivity contribution < 1.29 is 162 Å². The number of carboxylic acids is 3. The maximum absolute atomic E-state index is 10.3. The Kier molecular flexibility index (Phi) is 22.4. The fraction of sp³-hybridized carbons (Fsp3) is 0.500. The predicted molar refractivity (Wildman–Crippen MR) is 34.1 cm³/mol. The zero-order valence-corrected chi connectivity index (χ0v) is 17.0. The molecule has 0 amide bonds. The van der Waals surface area contributed by atoms with Crippen molar-refractivity contribution in [3.05, 3.63) is 0 Å². The van der Waals surface area contributed by atoms with Gasteiger partial charge in [0.05, 0.1) is 0 Å². The van der Waals surface area contributed by atoms with Gasteiger partial charge < -0.3 is 39.3 Å². The Morgan fingerprint density at radius 1 is 1.00 bits per heavy atom. The quantitative estimate of drug-likeness (QED) is 0.398. The van der Waals surface area contributed by atoms with E-state index in [1.54, 1.807) is 0 Å². The predicted octanol–water partition coefficient (Wildman–Crippen LogP) is -12.8. The van der Waals surface area contributed by atoms with E-state index in [-0.39, 0.29) is 103 Å². The SMILES string of the molecule is O=C([O-])CC(O)(CC(=O)[O-])C(=O)O.[K+].[K+].[O-][Cl+2]([O-])O. The molecule has 0 aliphatic heterocycles. The molecule has 3 N–H and O–H groups in total. The van der Waals surface area contributed by atoms with Crippen molar-refractivity contribution in [3.63, 3.8) is 0 Å². The summed E-state index contributed by atoms with van der Waals surface area (Å²) in [5.41, 5.74) is -2.86. The Morgan fingerprint density at radius 2 is 1.21 bits per heavy atom. The fourth-order valence-corrected chi connectivity index (χ4v) is 0.691. The van der Waals surface area contributed by atoms with Crippen LogP contribution in [-0.2, 0) is 14.4 Å². The molecule has 0 aliphatic rings. The zero-order chi connectivity index (χ0) is 14.2. The molecule has 0 aromatic rings. The van der Waals surface area contributed by atoms with E-state index in [4.69, 9.17) is 24.2 Å². The second-order valence-electron chi connectivity index (χ2n) is 2.64. The van der Waals surface area contributed by atoms with E-state index in [2.05, 4.69) is 0 Å². The smallest absolute Gasteiger partial charge is 0.550 e. The van der Waals surface area contributed by atoms with Crippen molar-refractivity contribution in [1.82, 2.24) is 0 Å². The van der Waals surface area contributed by atoms with Gasteiger partial charge in [-0.2, -0.15) is 0 Å². The summed E-state index contributed by atoms with van der Waals surface area (Å²) in [4.78, 5) is 30.2. The molecule has 0 aromatic carbocycles. The molecule has 0 radical (unpaired) electrons. The van der Waals surface area contributed by atoms with Crippen molar-refractivity contribution in [2.24, 2.45) is 0 Å². The van der Waals surface area contributed by atoms with Crippen LogP contribution in [0.4, 0.5) is 0 Å². The average Bonchev–Trinajstić information content (AvgIpc) is 1.98. The van der Waals surface area contributed by atoms with E-state index in [0.29, 0.717) is 0 Å². The summed E-state index contributed by atoms with van der Waals surface area (Å²) in [6, 6.07) is 0. The maximum Gasteiger partial charge on any atom is 1.00 e. The van der Waals surface area contributed by atoms with Gasteiger partial charge in [0.15, 0.2) is 5.60 Å². The van der Waals surface area contributed by atoms with Gasteiger partial charge in [0.1, 0.15) is 0 Å². The molecule has 0 fully saturated rings. The van der Waals surface area contributed by atoms with Crippen LogP contribution in [0.25, 0.3) is 0 Å². The van der Waals surface area contributed by atoms with E-state index in [1.165, 1.54) is 0 Å². The molecule has 0 aromatic heterocycles. The molecule has 0 unspecified atom stereocenters. The molecule has 100 valence electrons. The van der Waals surface area contributed by atoms with Gasteiger partial charge in [-0.1, -0.05) is 0 Å². The third-order valence-electron chi connectivity index (χ3n) is 1.27. The van der Waals surface area contributed by atoms with Crippen LogP contribution in [0.15, 0.2) is 0 Å². The first-order valence-electron chi connectivity index (χ1n) is 3.61. The van der Waals surface area contributed by atoms with Gasteiger partial charge in [-0.15, -0.1) is 0 Å². The van der Waals surface area contributed by atoms with Gasteiger partial charge in [0.2, 0.25) is 0 Å². The zero-order valence-electron chi connectivity index (χ0n) is 9.99. The molecule has 0 atom stereocenters. The number of rotatable bonds is 5. The number of aliphatic carboxylic acids is 3. The molecule has 10 nitrogen and oxygen atoms in total. The van der Waals surface area contributed by atoms with Crippen LogP contribution < -0.4 is 122 Å². The summed E-state index contributed by atoms with van der Waals surface area (Å²) in [6.45, 7) is 0. The number of carbonyl (C=O) groups excluding carboxylic acids is 2. The third-order valence-corrected chi connectivity index (χ3v) is 1.27. The summed E-state index contributed by atoms with van der Waals surface area (Å²) >= 11 is 0. The van der Waals surface area contributed by atoms with E-state index in [1.807, 2.05) is 0 Å². The van der Waals surface area contributed by atoms with Crippen molar-refractivity contribution in [2.45, 2.75) is 18.4 Å². The van der Waals surface area contributed by atoms with Gasteiger partial charge in [-0.25, -0.2) is 4.79 Å². The molecule has 0 saturated heterocycles. The van der Waals surface area contributed by atoms with Crippen LogP contribution in [-0.4, -0.2) is 38.4 Å². The fourth-order valence-electron chi connectivity index (χ4n) is 0.691. The Hall–Kier alpha value is 1.81. The van der Waals surface area contributed by atoms with Gasteiger partial charge in [0, 0.05) is 29.4 Å². The Bertz CT molecular complexity index is 277. The minimum atomic E-state index is -2.86. The Labute approximate surface area is 195 Å². The molecule has 0 aliphatic carbocycles. The summed E-state index contributed by atoms with van der Waals surface area (Å²) in [7, 11) is -2.60. The standard InChI is InChI=1S/C6H8O7.ClHO3.2K/c7-3(8)1-6(13,5(11)12)2-4(9)10;2-1(3)4;;/h13H,1-2H2,(H,7,8)(H,9,10)(H,11,12);2H;;/q;;2*+1/p-2. The van der Waals surface area contributed by atoms with Crippen molar-refractivity contribution in [2.75, 3.05) is 0 Å². The largest absolute Gasteiger partial charge is 1.00 e. The second-order valence-corrected chi connectivity index (χ2v) is 3.04. The number of carboxylic acid groups (broad SMARTS) is 3.